The average molecular weight is 328 g/mol. The summed E-state index contributed by atoms with van der Waals surface area (Å²) in [5.74, 6) is 1.12. The average Bonchev–Trinajstić information content (AvgIpc) is 3.00. The van der Waals surface area contributed by atoms with Gasteiger partial charge in [0.2, 0.25) is 5.91 Å². The first kappa shape index (κ1) is 16.7. The van der Waals surface area contributed by atoms with Crippen LogP contribution in [0.3, 0.4) is 0 Å². The van der Waals surface area contributed by atoms with Crippen LogP contribution in [-0.4, -0.2) is 53.1 Å². The standard InChI is InChI=1S/C18H24N4O2/c1-14-12-17(20-24-14)19-18(23)15(2)22-10-8-21(9-11-22)13-16-6-4-3-5-7-16/h3-7,12,15H,8-11,13H2,1-2H3,(H,19,20,23). The molecule has 1 saturated heterocycles. The monoisotopic (exact) mass is 328 g/mol. The SMILES string of the molecule is Cc1cc(NC(=O)C(C)N2CCN(Cc3ccccc3)CC2)no1. The minimum atomic E-state index is -0.180. The van der Waals surface area contributed by atoms with E-state index in [1.54, 1.807) is 13.0 Å². The summed E-state index contributed by atoms with van der Waals surface area (Å²) in [6.45, 7) is 8.42. The number of carbonyl (C=O) groups is 1. The number of aryl methyl sites for hydroxylation is 1. The predicted molar refractivity (Wildman–Crippen MR) is 92.6 cm³/mol. The molecule has 1 atom stereocenters. The summed E-state index contributed by atoms with van der Waals surface area (Å²) < 4.78 is 4.98. The molecule has 0 aliphatic carbocycles. The van der Waals surface area contributed by atoms with Gasteiger partial charge in [0.1, 0.15) is 5.76 Å². The molecule has 0 radical (unpaired) electrons. The zero-order chi connectivity index (χ0) is 16.9. The Morgan fingerprint density at radius 2 is 1.96 bits per heavy atom. The molecule has 2 heterocycles. The summed E-state index contributed by atoms with van der Waals surface area (Å²) in [5.41, 5.74) is 1.33. The number of anilines is 1. The summed E-state index contributed by atoms with van der Waals surface area (Å²) in [5, 5.41) is 6.62. The van der Waals surface area contributed by atoms with Gasteiger partial charge >= 0.3 is 0 Å². The second-order valence-corrected chi connectivity index (χ2v) is 6.29. The highest BCUT2D eigenvalue weighted by atomic mass is 16.5. The number of nitrogens with one attached hydrogen (secondary N) is 1. The molecular formula is C18H24N4O2. The van der Waals surface area contributed by atoms with Crippen molar-refractivity contribution in [2.24, 2.45) is 0 Å². The molecule has 1 fully saturated rings. The smallest absolute Gasteiger partial charge is 0.242 e. The van der Waals surface area contributed by atoms with Gasteiger partial charge < -0.3 is 9.84 Å². The molecule has 0 bridgehead atoms. The topological polar surface area (TPSA) is 61.6 Å². The Labute approximate surface area is 142 Å². The van der Waals surface area contributed by atoms with Crippen molar-refractivity contribution in [3.63, 3.8) is 0 Å². The van der Waals surface area contributed by atoms with Crippen LogP contribution in [0.1, 0.15) is 18.2 Å². The zero-order valence-corrected chi connectivity index (χ0v) is 14.2. The normalized spacial score (nSPS) is 17.6. The first-order valence-corrected chi connectivity index (χ1v) is 8.36. The quantitative estimate of drug-likeness (QED) is 0.911. The number of piperazine rings is 1. The lowest BCUT2D eigenvalue weighted by Crippen LogP contribution is -2.52. The van der Waals surface area contributed by atoms with Crippen LogP contribution in [0.2, 0.25) is 0 Å². The minimum Gasteiger partial charge on any atom is -0.360 e. The van der Waals surface area contributed by atoms with Gasteiger partial charge in [0, 0.05) is 38.8 Å². The Balaban J connectivity index is 1.47. The number of rotatable bonds is 5. The highest BCUT2D eigenvalue weighted by Gasteiger charge is 2.26. The van der Waals surface area contributed by atoms with Crippen molar-refractivity contribution in [2.75, 3.05) is 31.5 Å². The Morgan fingerprint density at radius 3 is 2.58 bits per heavy atom. The maximum absolute atomic E-state index is 12.3. The van der Waals surface area contributed by atoms with Gasteiger partial charge in [0.05, 0.1) is 6.04 Å². The van der Waals surface area contributed by atoms with E-state index in [0.29, 0.717) is 11.6 Å². The lowest BCUT2D eigenvalue weighted by molar-refractivity contribution is -0.121. The molecule has 6 heteroatoms. The largest absolute Gasteiger partial charge is 0.360 e. The van der Waals surface area contributed by atoms with Crippen molar-refractivity contribution in [3.8, 4) is 0 Å². The van der Waals surface area contributed by atoms with Crippen molar-refractivity contribution in [1.82, 2.24) is 15.0 Å². The van der Waals surface area contributed by atoms with Gasteiger partial charge in [-0.2, -0.15) is 0 Å². The lowest BCUT2D eigenvalue weighted by Gasteiger charge is -2.37. The van der Waals surface area contributed by atoms with Crippen LogP contribution in [-0.2, 0) is 11.3 Å². The molecule has 1 aromatic carbocycles. The lowest BCUT2D eigenvalue weighted by atomic mass is 10.1. The van der Waals surface area contributed by atoms with Crippen molar-refractivity contribution in [3.05, 3.63) is 47.7 Å². The number of amides is 1. The third-order valence-corrected chi connectivity index (χ3v) is 4.46. The fraction of sp³-hybridized carbons (Fsp3) is 0.444. The summed E-state index contributed by atoms with van der Waals surface area (Å²) in [7, 11) is 0. The molecule has 1 aromatic heterocycles. The Kier molecular flexibility index (Phi) is 5.27. The zero-order valence-electron chi connectivity index (χ0n) is 14.2. The molecule has 128 valence electrons. The molecule has 1 unspecified atom stereocenters. The van der Waals surface area contributed by atoms with Crippen LogP contribution in [0.15, 0.2) is 40.9 Å². The highest BCUT2D eigenvalue weighted by molar-refractivity contribution is 5.93. The molecule has 1 amide bonds. The van der Waals surface area contributed by atoms with E-state index in [0.717, 1.165) is 32.7 Å². The number of hydrogen-bond donors (Lipinski definition) is 1. The van der Waals surface area contributed by atoms with Crippen molar-refractivity contribution in [2.45, 2.75) is 26.4 Å². The Hall–Kier alpha value is -2.18. The van der Waals surface area contributed by atoms with Gasteiger partial charge in [0.25, 0.3) is 0 Å². The summed E-state index contributed by atoms with van der Waals surface area (Å²) in [6, 6.07) is 12.0. The molecule has 3 rings (SSSR count). The first-order chi connectivity index (χ1) is 11.6. The molecular weight excluding hydrogens is 304 g/mol. The van der Waals surface area contributed by atoms with Crippen molar-refractivity contribution in [1.29, 1.82) is 0 Å². The van der Waals surface area contributed by atoms with E-state index in [9.17, 15) is 4.79 Å². The number of aromatic nitrogens is 1. The van der Waals surface area contributed by atoms with E-state index in [4.69, 9.17) is 4.52 Å². The van der Waals surface area contributed by atoms with Gasteiger partial charge in [-0.3, -0.25) is 14.6 Å². The third kappa shape index (κ3) is 4.21. The molecule has 0 saturated carbocycles. The number of carbonyl (C=O) groups excluding carboxylic acids is 1. The number of benzene rings is 1. The van der Waals surface area contributed by atoms with Crippen molar-refractivity contribution >= 4 is 11.7 Å². The maximum Gasteiger partial charge on any atom is 0.242 e. The number of nitrogens with zero attached hydrogens (tertiary/aromatic N) is 3. The summed E-state index contributed by atoms with van der Waals surface area (Å²) in [4.78, 5) is 17.0. The van der Waals surface area contributed by atoms with E-state index in [2.05, 4.69) is 44.5 Å². The molecule has 1 aliphatic heterocycles. The minimum absolute atomic E-state index is 0.0418. The summed E-state index contributed by atoms with van der Waals surface area (Å²) in [6.07, 6.45) is 0. The predicted octanol–water partition coefficient (Wildman–Crippen LogP) is 2.13. The van der Waals surface area contributed by atoms with Gasteiger partial charge in [-0.25, -0.2) is 0 Å². The van der Waals surface area contributed by atoms with Crippen LogP contribution < -0.4 is 5.32 Å². The molecule has 2 aromatic rings. The van der Waals surface area contributed by atoms with E-state index in [1.807, 2.05) is 13.0 Å². The maximum atomic E-state index is 12.3. The van der Waals surface area contributed by atoms with Crippen LogP contribution in [0.25, 0.3) is 0 Å². The molecule has 0 spiro atoms. The molecule has 24 heavy (non-hydrogen) atoms. The van der Waals surface area contributed by atoms with Crippen LogP contribution >= 0.6 is 0 Å². The van der Waals surface area contributed by atoms with Gasteiger partial charge in [-0.05, 0) is 19.4 Å². The second kappa shape index (κ2) is 7.59. The number of hydrogen-bond acceptors (Lipinski definition) is 5. The second-order valence-electron chi connectivity index (χ2n) is 6.29. The Morgan fingerprint density at radius 1 is 1.25 bits per heavy atom. The van der Waals surface area contributed by atoms with E-state index in [1.165, 1.54) is 5.56 Å². The van der Waals surface area contributed by atoms with E-state index in [-0.39, 0.29) is 11.9 Å². The van der Waals surface area contributed by atoms with E-state index < -0.39 is 0 Å². The third-order valence-electron chi connectivity index (χ3n) is 4.46. The molecule has 1 aliphatic rings. The fourth-order valence-electron chi connectivity index (χ4n) is 2.97. The van der Waals surface area contributed by atoms with Gasteiger partial charge in [-0.1, -0.05) is 35.5 Å². The summed E-state index contributed by atoms with van der Waals surface area (Å²) >= 11 is 0. The van der Waals surface area contributed by atoms with Crippen molar-refractivity contribution < 1.29 is 9.32 Å². The highest BCUT2D eigenvalue weighted by Crippen LogP contribution is 2.13. The van der Waals surface area contributed by atoms with E-state index >= 15 is 0 Å². The van der Waals surface area contributed by atoms with Crippen LogP contribution in [0.5, 0.6) is 0 Å². The fourth-order valence-corrected chi connectivity index (χ4v) is 2.97. The van der Waals surface area contributed by atoms with Crippen LogP contribution in [0.4, 0.5) is 5.82 Å². The molecule has 6 nitrogen and oxygen atoms in total. The van der Waals surface area contributed by atoms with Crippen LogP contribution in [0, 0.1) is 6.92 Å². The van der Waals surface area contributed by atoms with Gasteiger partial charge in [-0.15, -0.1) is 0 Å². The molecule has 1 N–H and O–H groups in total. The Bertz CT molecular complexity index is 663. The first-order valence-electron chi connectivity index (χ1n) is 8.36. The van der Waals surface area contributed by atoms with Gasteiger partial charge in [0.15, 0.2) is 5.82 Å².